The number of aliphatic hydroxyl groups is 1. The Bertz CT molecular complexity index is 282. The third-order valence-electron chi connectivity index (χ3n) is 1.34. The molecule has 1 aromatic heterocycles. The highest BCUT2D eigenvalue weighted by molar-refractivity contribution is 9.10. The van der Waals surface area contributed by atoms with Crippen molar-refractivity contribution < 1.29 is 13.9 Å². The zero-order valence-electron chi connectivity index (χ0n) is 5.97. The molecule has 1 heterocycles. The quantitative estimate of drug-likeness (QED) is 0.799. The summed E-state index contributed by atoms with van der Waals surface area (Å²) in [6.45, 7) is -1.02. The molecular weight excluding hydrogens is 232 g/mol. The average Bonchev–Trinajstić information content (AvgIpc) is 2.08. The van der Waals surface area contributed by atoms with E-state index in [0.717, 1.165) is 0 Å². The van der Waals surface area contributed by atoms with Crippen LogP contribution in [0.5, 0.6) is 0 Å². The molecule has 1 atom stereocenters. The maximum Gasteiger partial charge on any atom is 0.218 e. The van der Waals surface area contributed by atoms with Crippen LogP contribution in [0, 0.1) is 5.95 Å². The van der Waals surface area contributed by atoms with E-state index >= 15 is 0 Å². The van der Waals surface area contributed by atoms with Crippen LogP contribution < -0.4 is 0 Å². The van der Waals surface area contributed by atoms with E-state index in [4.69, 9.17) is 5.11 Å². The van der Waals surface area contributed by atoms with Crippen molar-refractivity contribution in [2.75, 3.05) is 6.67 Å². The summed E-state index contributed by atoms with van der Waals surface area (Å²) in [5, 5.41) is 8.96. The molecule has 0 saturated carbocycles. The average molecular weight is 238 g/mol. The van der Waals surface area contributed by atoms with E-state index in [1.165, 1.54) is 12.3 Å². The smallest absolute Gasteiger partial charge is 0.218 e. The Hall–Kier alpha value is -0.550. The van der Waals surface area contributed by atoms with Crippen LogP contribution in [0.2, 0.25) is 0 Å². The number of aliphatic hydroxyl groups excluding tert-OH is 1. The lowest BCUT2D eigenvalue weighted by atomic mass is 10.2. The Kier molecular flexibility index (Phi) is 3.11. The molecule has 0 aliphatic heterocycles. The summed E-state index contributed by atoms with van der Waals surface area (Å²) in [6.07, 6.45) is -0.195. The number of rotatable bonds is 2. The molecule has 5 heteroatoms. The second-order valence-corrected chi connectivity index (χ2v) is 3.12. The van der Waals surface area contributed by atoms with Crippen molar-refractivity contribution in [1.29, 1.82) is 0 Å². The van der Waals surface area contributed by atoms with E-state index in [1.54, 1.807) is 0 Å². The van der Waals surface area contributed by atoms with Gasteiger partial charge in [0.05, 0.1) is 0 Å². The van der Waals surface area contributed by atoms with Gasteiger partial charge in [0.25, 0.3) is 0 Å². The van der Waals surface area contributed by atoms with Crippen LogP contribution in [-0.2, 0) is 0 Å². The lowest BCUT2D eigenvalue weighted by Gasteiger charge is -2.06. The number of hydrogen-bond donors (Lipinski definition) is 1. The molecule has 0 spiro atoms. The maximum absolute atomic E-state index is 12.7. The minimum Gasteiger partial charge on any atom is -0.385 e. The lowest BCUT2D eigenvalue weighted by Crippen LogP contribution is -2.03. The van der Waals surface area contributed by atoms with E-state index in [1.807, 2.05) is 0 Å². The molecule has 1 N–H and O–H groups in total. The van der Waals surface area contributed by atoms with Crippen molar-refractivity contribution in [1.82, 2.24) is 4.98 Å². The zero-order chi connectivity index (χ0) is 9.14. The molecular formula is C7H6BrF2NO. The number of alkyl halides is 1. The third-order valence-corrected chi connectivity index (χ3v) is 1.77. The SMILES string of the molecule is OC(CF)c1cc(Br)cnc1F. The Balaban J connectivity index is 3.04. The molecule has 1 aromatic rings. The van der Waals surface area contributed by atoms with Gasteiger partial charge in [-0.15, -0.1) is 0 Å². The minimum absolute atomic E-state index is 0.133. The Morgan fingerprint density at radius 1 is 1.67 bits per heavy atom. The maximum atomic E-state index is 12.7. The number of nitrogens with zero attached hydrogens (tertiary/aromatic N) is 1. The Labute approximate surface area is 76.4 Å². The van der Waals surface area contributed by atoms with Gasteiger partial charge in [-0.1, -0.05) is 0 Å². The second-order valence-electron chi connectivity index (χ2n) is 2.20. The molecule has 12 heavy (non-hydrogen) atoms. The van der Waals surface area contributed by atoms with E-state index in [2.05, 4.69) is 20.9 Å². The highest BCUT2D eigenvalue weighted by Crippen LogP contribution is 2.19. The van der Waals surface area contributed by atoms with Gasteiger partial charge in [0.1, 0.15) is 12.8 Å². The van der Waals surface area contributed by atoms with E-state index in [9.17, 15) is 8.78 Å². The second kappa shape index (κ2) is 3.91. The summed E-state index contributed by atoms with van der Waals surface area (Å²) in [5.74, 6) is -0.844. The van der Waals surface area contributed by atoms with Crippen LogP contribution >= 0.6 is 15.9 Å². The monoisotopic (exact) mass is 237 g/mol. The summed E-state index contributed by atoms with van der Waals surface area (Å²) >= 11 is 3.03. The molecule has 0 bridgehead atoms. The van der Waals surface area contributed by atoms with E-state index in [0.29, 0.717) is 4.47 Å². The van der Waals surface area contributed by atoms with Gasteiger partial charge in [0.2, 0.25) is 5.95 Å². The summed E-state index contributed by atoms with van der Waals surface area (Å²) in [4.78, 5) is 3.31. The van der Waals surface area contributed by atoms with Crippen LogP contribution in [0.15, 0.2) is 16.7 Å². The van der Waals surface area contributed by atoms with Crippen molar-refractivity contribution in [2.24, 2.45) is 0 Å². The topological polar surface area (TPSA) is 33.1 Å². The molecule has 0 fully saturated rings. The molecule has 66 valence electrons. The highest BCUT2D eigenvalue weighted by atomic mass is 79.9. The standard InChI is InChI=1S/C7H6BrF2NO/c8-4-1-5(6(12)2-9)7(10)11-3-4/h1,3,6,12H,2H2. The highest BCUT2D eigenvalue weighted by Gasteiger charge is 2.13. The number of hydrogen-bond acceptors (Lipinski definition) is 2. The minimum atomic E-state index is -1.44. The summed E-state index contributed by atoms with van der Waals surface area (Å²) in [5.41, 5.74) is -0.133. The first kappa shape index (κ1) is 9.54. The number of aromatic nitrogens is 1. The molecule has 1 unspecified atom stereocenters. The summed E-state index contributed by atoms with van der Waals surface area (Å²) in [7, 11) is 0. The zero-order valence-corrected chi connectivity index (χ0v) is 7.55. The normalized spacial score (nSPS) is 13.0. The summed E-state index contributed by atoms with van der Waals surface area (Å²) in [6, 6.07) is 1.30. The van der Waals surface area contributed by atoms with Crippen molar-refractivity contribution in [3.63, 3.8) is 0 Å². The first-order chi connectivity index (χ1) is 5.65. The lowest BCUT2D eigenvalue weighted by molar-refractivity contribution is 0.136. The summed E-state index contributed by atoms with van der Waals surface area (Å²) < 4.78 is 25.2. The Morgan fingerprint density at radius 2 is 2.33 bits per heavy atom. The first-order valence-electron chi connectivity index (χ1n) is 3.20. The number of halogens is 3. The third kappa shape index (κ3) is 1.98. The molecule has 0 aromatic carbocycles. The molecule has 0 aliphatic rings. The van der Waals surface area contributed by atoms with E-state index < -0.39 is 18.7 Å². The molecule has 0 saturated heterocycles. The van der Waals surface area contributed by atoms with Gasteiger partial charge in [0.15, 0.2) is 0 Å². The molecule has 0 radical (unpaired) electrons. The van der Waals surface area contributed by atoms with Gasteiger partial charge < -0.3 is 5.11 Å². The predicted molar refractivity (Wildman–Crippen MR) is 42.8 cm³/mol. The molecule has 0 aliphatic carbocycles. The van der Waals surface area contributed by atoms with Gasteiger partial charge in [-0.05, 0) is 22.0 Å². The fraction of sp³-hybridized carbons (Fsp3) is 0.286. The molecule has 2 nitrogen and oxygen atoms in total. The van der Waals surface area contributed by atoms with Crippen LogP contribution in [-0.4, -0.2) is 16.8 Å². The van der Waals surface area contributed by atoms with Gasteiger partial charge in [-0.2, -0.15) is 4.39 Å². The van der Waals surface area contributed by atoms with Crippen LogP contribution in [0.4, 0.5) is 8.78 Å². The van der Waals surface area contributed by atoms with Crippen LogP contribution in [0.25, 0.3) is 0 Å². The van der Waals surface area contributed by atoms with Gasteiger partial charge >= 0.3 is 0 Å². The van der Waals surface area contributed by atoms with Crippen LogP contribution in [0.1, 0.15) is 11.7 Å². The van der Waals surface area contributed by atoms with Gasteiger partial charge in [0, 0.05) is 16.2 Å². The van der Waals surface area contributed by atoms with Gasteiger partial charge in [-0.3, -0.25) is 0 Å². The van der Waals surface area contributed by atoms with E-state index in [-0.39, 0.29) is 5.56 Å². The van der Waals surface area contributed by atoms with Crippen LogP contribution in [0.3, 0.4) is 0 Å². The fourth-order valence-corrected chi connectivity index (χ4v) is 1.10. The van der Waals surface area contributed by atoms with Crippen molar-refractivity contribution in [3.05, 3.63) is 28.2 Å². The van der Waals surface area contributed by atoms with Crippen molar-refractivity contribution in [3.8, 4) is 0 Å². The van der Waals surface area contributed by atoms with Gasteiger partial charge in [-0.25, -0.2) is 9.37 Å². The predicted octanol–water partition coefficient (Wildman–Crippen LogP) is 1.99. The van der Waals surface area contributed by atoms with Crippen molar-refractivity contribution >= 4 is 15.9 Å². The molecule has 0 amide bonds. The fourth-order valence-electron chi connectivity index (χ4n) is 0.755. The van der Waals surface area contributed by atoms with Crippen molar-refractivity contribution in [2.45, 2.75) is 6.10 Å². The first-order valence-corrected chi connectivity index (χ1v) is 3.99. The number of pyridine rings is 1. The Morgan fingerprint density at radius 3 is 2.92 bits per heavy atom. The largest absolute Gasteiger partial charge is 0.385 e. The molecule has 1 rings (SSSR count).